The Balaban J connectivity index is 1.96. The van der Waals surface area contributed by atoms with Gasteiger partial charge in [-0.25, -0.2) is 4.98 Å². The SMILES string of the molecule is Cc1ncn(CCC(=O)NC2CC2)c(=O)c1I. The van der Waals surface area contributed by atoms with Crippen molar-refractivity contribution in [1.82, 2.24) is 14.9 Å². The van der Waals surface area contributed by atoms with Crippen LogP contribution in [0.4, 0.5) is 0 Å². The van der Waals surface area contributed by atoms with Gasteiger partial charge in [0.25, 0.3) is 5.56 Å². The summed E-state index contributed by atoms with van der Waals surface area (Å²) in [5, 5.41) is 2.89. The van der Waals surface area contributed by atoms with Crippen LogP contribution in [-0.2, 0) is 11.3 Å². The van der Waals surface area contributed by atoms with E-state index < -0.39 is 0 Å². The highest BCUT2D eigenvalue weighted by Crippen LogP contribution is 2.18. The minimum atomic E-state index is -0.0719. The third kappa shape index (κ3) is 3.27. The summed E-state index contributed by atoms with van der Waals surface area (Å²) in [5.74, 6) is 0.00924. The monoisotopic (exact) mass is 347 g/mol. The van der Waals surface area contributed by atoms with Gasteiger partial charge in [-0.1, -0.05) is 0 Å². The number of carbonyl (C=O) groups excluding carboxylic acids is 1. The molecule has 1 heterocycles. The molecule has 0 aromatic carbocycles. The lowest BCUT2D eigenvalue weighted by atomic mass is 10.3. The lowest BCUT2D eigenvalue weighted by Gasteiger charge is -2.07. The van der Waals surface area contributed by atoms with Crippen LogP contribution in [0.3, 0.4) is 0 Å². The average Bonchev–Trinajstić information content (AvgIpc) is 3.09. The molecule has 1 aliphatic rings. The van der Waals surface area contributed by atoms with Gasteiger partial charge < -0.3 is 5.32 Å². The fourth-order valence-corrected chi connectivity index (χ4v) is 1.90. The molecule has 1 aromatic heterocycles. The van der Waals surface area contributed by atoms with Crippen molar-refractivity contribution in [3.63, 3.8) is 0 Å². The number of rotatable bonds is 4. The second kappa shape index (κ2) is 5.16. The first-order valence-corrected chi connectivity index (χ1v) is 6.66. The van der Waals surface area contributed by atoms with Crippen molar-refractivity contribution in [3.05, 3.63) is 25.9 Å². The molecule has 0 radical (unpaired) electrons. The van der Waals surface area contributed by atoms with E-state index >= 15 is 0 Å². The van der Waals surface area contributed by atoms with Gasteiger partial charge in [0.05, 0.1) is 15.6 Å². The van der Waals surface area contributed by atoms with Crippen LogP contribution >= 0.6 is 22.6 Å². The molecule has 0 bridgehead atoms. The molecule has 1 amide bonds. The van der Waals surface area contributed by atoms with Crippen LogP contribution < -0.4 is 10.9 Å². The highest BCUT2D eigenvalue weighted by Gasteiger charge is 2.22. The Labute approximate surface area is 113 Å². The standard InChI is InChI=1S/C11H14IN3O2/c1-7-10(12)11(17)15(6-13-7)5-4-9(16)14-8-2-3-8/h6,8H,2-5H2,1H3,(H,14,16). The molecule has 1 N–H and O–H groups in total. The number of aryl methyl sites for hydroxylation is 2. The summed E-state index contributed by atoms with van der Waals surface area (Å²) in [5.41, 5.74) is 0.659. The van der Waals surface area contributed by atoms with Gasteiger partial charge in [0, 0.05) is 19.0 Å². The largest absolute Gasteiger partial charge is 0.353 e. The zero-order valence-corrected chi connectivity index (χ0v) is 11.7. The van der Waals surface area contributed by atoms with Gasteiger partial charge >= 0.3 is 0 Å². The Hall–Kier alpha value is -0.920. The van der Waals surface area contributed by atoms with E-state index in [9.17, 15) is 9.59 Å². The van der Waals surface area contributed by atoms with E-state index in [1.54, 1.807) is 6.92 Å². The highest BCUT2D eigenvalue weighted by atomic mass is 127. The summed E-state index contributed by atoms with van der Waals surface area (Å²) < 4.78 is 2.11. The number of halogens is 1. The van der Waals surface area contributed by atoms with Crippen molar-refractivity contribution in [2.24, 2.45) is 0 Å². The number of hydrogen-bond acceptors (Lipinski definition) is 3. The van der Waals surface area contributed by atoms with E-state index in [-0.39, 0.29) is 11.5 Å². The summed E-state index contributed by atoms with van der Waals surface area (Å²) >= 11 is 1.99. The van der Waals surface area contributed by atoms with Crippen molar-refractivity contribution in [1.29, 1.82) is 0 Å². The smallest absolute Gasteiger partial charge is 0.267 e. The summed E-state index contributed by atoms with van der Waals surface area (Å²) in [4.78, 5) is 27.4. The van der Waals surface area contributed by atoms with Crippen LogP contribution in [0.5, 0.6) is 0 Å². The predicted octanol–water partition coefficient (Wildman–Crippen LogP) is 0.825. The number of nitrogens with zero attached hydrogens (tertiary/aromatic N) is 2. The fourth-order valence-electron chi connectivity index (χ4n) is 1.46. The molecule has 0 saturated heterocycles. The molecule has 0 aliphatic heterocycles. The number of aromatic nitrogens is 2. The molecule has 17 heavy (non-hydrogen) atoms. The van der Waals surface area contributed by atoms with Crippen molar-refractivity contribution >= 4 is 28.5 Å². The fraction of sp³-hybridized carbons (Fsp3) is 0.545. The van der Waals surface area contributed by atoms with Crippen molar-refractivity contribution in [3.8, 4) is 0 Å². The van der Waals surface area contributed by atoms with Gasteiger partial charge in [-0.15, -0.1) is 0 Å². The zero-order valence-electron chi connectivity index (χ0n) is 9.57. The topological polar surface area (TPSA) is 64.0 Å². The molecule has 6 heteroatoms. The first-order valence-electron chi connectivity index (χ1n) is 5.59. The number of carbonyl (C=O) groups is 1. The van der Waals surface area contributed by atoms with Gasteiger partial charge in [-0.05, 0) is 42.4 Å². The van der Waals surface area contributed by atoms with Gasteiger partial charge in [0.15, 0.2) is 0 Å². The Morgan fingerprint density at radius 3 is 3.00 bits per heavy atom. The number of hydrogen-bond donors (Lipinski definition) is 1. The summed E-state index contributed by atoms with van der Waals surface area (Å²) in [7, 11) is 0. The van der Waals surface area contributed by atoms with Crippen molar-refractivity contribution in [2.75, 3.05) is 0 Å². The quantitative estimate of drug-likeness (QED) is 0.821. The third-order valence-electron chi connectivity index (χ3n) is 2.68. The van der Waals surface area contributed by atoms with Gasteiger partial charge in [-0.3, -0.25) is 14.2 Å². The molecule has 0 unspecified atom stereocenters. The van der Waals surface area contributed by atoms with Crippen LogP contribution in [0.1, 0.15) is 25.0 Å². The third-order valence-corrected chi connectivity index (χ3v) is 3.92. The lowest BCUT2D eigenvalue weighted by molar-refractivity contribution is -0.121. The van der Waals surface area contributed by atoms with E-state index in [4.69, 9.17) is 0 Å². The summed E-state index contributed by atoms with van der Waals surface area (Å²) in [6, 6.07) is 0.371. The molecule has 5 nitrogen and oxygen atoms in total. The molecule has 92 valence electrons. The average molecular weight is 347 g/mol. The van der Waals surface area contributed by atoms with E-state index in [0.29, 0.717) is 22.6 Å². The molecule has 0 spiro atoms. The maximum Gasteiger partial charge on any atom is 0.267 e. The Morgan fingerprint density at radius 1 is 1.65 bits per heavy atom. The molecule has 1 aromatic rings. The molecule has 1 aliphatic carbocycles. The molecule has 1 saturated carbocycles. The Morgan fingerprint density at radius 2 is 2.35 bits per heavy atom. The predicted molar refractivity (Wildman–Crippen MR) is 71.7 cm³/mol. The summed E-state index contributed by atoms with van der Waals surface area (Å²) in [6.07, 6.45) is 3.99. The molecule has 2 rings (SSSR count). The zero-order chi connectivity index (χ0) is 12.4. The molecular formula is C11H14IN3O2. The van der Waals surface area contributed by atoms with E-state index in [1.165, 1.54) is 10.9 Å². The normalized spacial score (nSPS) is 14.7. The van der Waals surface area contributed by atoms with Crippen molar-refractivity contribution in [2.45, 2.75) is 38.8 Å². The summed E-state index contributed by atoms with van der Waals surface area (Å²) in [6.45, 7) is 2.19. The lowest BCUT2D eigenvalue weighted by Crippen LogP contribution is -2.29. The first kappa shape index (κ1) is 12.5. The maximum atomic E-state index is 11.8. The van der Waals surface area contributed by atoms with Crippen LogP contribution in [0.25, 0.3) is 0 Å². The van der Waals surface area contributed by atoms with Gasteiger partial charge in [0.1, 0.15) is 0 Å². The van der Waals surface area contributed by atoms with Crippen molar-refractivity contribution < 1.29 is 4.79 Å². The second-order valence-electron chi connectivity index (χ2n) is 4.23. The first-order chi connectivity index (χ1) is 8.08. The van der Waals surface area contributed by atoms with E-state index in [1.807, 2.05) is 22.6 Å². The minimum Gasteiger partial charge on any atom is -0.353 e. The van der Waals surface area contributed by atoms with Gasteiger partial charge in [0.2, 0.25) is 5.91 Å². The van der Waals surface area contributed by atoms with Crippen LogP contribution in [0, 0.1) is 10.5 Å². The molecule has 0 atom stereocenters. The van der Waals surface area contributed by atoms with Crippen LogP contribution in [-0.4, -0.2) is 21.5 Å². The number of amides is 1. The van der Waals surface area contributed by atoms with Gasteiger partial charge in [-0.2, -0.15) is 0 Å². The molecular weight excluding hydrogens is 333 g/mol. The number of nitrogens with one attached hydrogen (secondary N) is 1. The second-order valence-corrected chi connectivity index (χ2v) is 5.31. The molecule has 1 fully saturated rings. The van der Waals surface area contributed by atoms with Crippen LogP contribution in [0.2, 0.25) is 0 Å². The minimum absolute atomic E-state index is 0.00924. The van der Waals surface area contributed by atoms with E-state index in [0.717, 1.165) is 18.5 Å². The Kier molecular flexibility index (Phi) is 3.80. The van der Waals surface area contributed by atoms with Crippen LogP contribution in [0.15, 0.2) is 11.1 Å². The highest BCUT2D eigenvalue weighted by molar-refractivity contribution is 14.1. The van der Waals surface area contributed by atoms with E-state index in [2.05, 4.69) is 10.3 Å². The maximum absolute atomic E-state index is 11.8. The Bertz CT molecular complexity index is 494.